The van der Waals surface area contributed by atoms with Crippen molar-refractivity contribution < 1.29 is 28.9 Å². The van der Waals surface area contributed by atoms with Gasteiger partial charge in [0.05, 0.1) is 20.0 Å². The molecule has 2 aromatic rings. The van der Waals surface area contributed by atoms with Crippen molar-refractivity contribution in [3.8, 4) is 11.5 Å². The van der Waals surface area contributed by atoms with Crippen molar-refractivity contribution >= 4 is 11.9 Å². The van der Waals surface area contributed by atoms with E-state index in [0.29, 0.717) is 18.7 Å². The highest BCUT2D eigenvalue weighted by molar-refractivity contribution is 5.76. The standard InChI is InChI=1S/C23H29NO6/c1-24(2)15-20(30-23(27)12-11-22(25)26)16-29-21-10-5-4-8-18(21)13-17-7-6-9-19(14-17)28-3/h4-10,14,20H,11-13,15-16H2,1-3H3,(H,25,26). The van der Waals surface area contributed by atoms with E-state index in [1.165, 1.54) is 0 Å². The van der Waals surface area contributed by atoms with Gasteiger partial charge in [-0.1, -0.05) is 30.3 Å². The Balaban J connectivity index is 2.04. The first-order valence-electron chi connectivity index (χ1n) is 9.77. The lowest BCUT2D eigenvalue weighted by atomic mass is 10.0. The Morgan fingerprint density at radius 3 is 2.53 bits per heavy atom. The van der Waals surface area contributed by atoms with Gasteiger partial charge in [-0.25, -0.2) is 0 Å². The van der Waals surface area contributed by atoms with E-state index in [4.69, 9.17) is 19.3 Å². The molecule has 7 heteroatoms. The summed E-state index contributed by atoms with van der Waals surface area (Å²) in [6.45, 7) is 0.642. The second-order valence-electron chi connectivity index (χ2n) is 7.21. The molecular formula is C23H29NO6. The molecule has 0 aliphatic carbocycles. The fourth-order valence-corrected chi connectivity index (χ4v) is 2.96. The van der Waals surface area contributed by atoms with Gasteiger partial charge in [0, 0.05) is 13.0 Å². The molecule has 30 heavy (non-hydrogen) atoms. The van der Waals surface area contributed by atoms with Crippen LogP contribution in [0.1, 0.15) is 24.0 Å². The van der Waals surface area contributed by atoms with Crippen molar-refractivity contribution in [2.24, 2.45) is 0 Å². The maximum Gasteiger partial charge on any atom is 0.306 e. The monoisotopic (exact) mass is 415 g/mol. The van der Waals surface area contributed by atoms with Crippen LogP contribution in [0.3, 0.4) is 0 Å². The van der Waals surface area contributed by atoms with E-state index in [1.54, 1.807) is 7.11 Å². The number of carbonyl (C=O) groups excluding carboxylic acids is 1. The highest BCUT2D eigenvalue weighted by atomic mass is 16.6. The number of hydrogen-bond acceptors (Lipinski definition) is 6. The van der Waals surface area contributed by atoms with Crippen LogP contribution in [-0.2, 0) is 20.7 Å². The second kappa shape index (κ2) is 11.8. The summed E-state index contributed by atoms with van der Waals surface area (Å²) in [7, 11) is 5.38. The molecule has 0 saturated heterocycles. The number of carboxylic acids is 1. The average molecular weight is 415 g/mol. The molecule has 7 nitrogen and oxygen atoms in total. The molecule has 0 bridgehead atoms. The number of carbonyl (C=O) groups is 2. The summed E-state index contributed by atoms with van der Waals surface area (Å²) in [6.07, 6.45) is -0.251. The van der Waals surface area contributed by atoms with Gasteiger partial charge >= 0.3 is 11.9 Å². The molecule has 0 saturated carbocycles. The van der Waals surface area contributed by atoms with E-state index in [2.05, 4.69) is 0 Å². The van der Waals surface area contributed by atoms with E-state index in [-0.39, 0.29) is 19.4 Å². The van der Waals surface area contributed by atoms with Gasteiger partial charge in [-0.05, 0) is 43.4 Å². The maximum atomic E-state index is 11.9. The Labute approximate surface area is 177 Å². The van der Waals surface area contributed by atoms with Gasteiger partial charge in [0.25, 0.3) is 0 Å². The fourth-order valence-electron chi connectivity index (χ4n) is 2.96. The van der Waals surface area contributed by atoms with Crippen LogP contribution >= 0.6 is 0 Å². The molecule has 0 fully saturated rings. The van der Waals surface area contributed by atoms with Gasteiger partial charge in [0.15, 0.2) is 0 Å². The van der Waals surface area contributed by atoms with Crippen LogP contribution in [-0.4, -0.2) is 62.4 Å². The highest BCUT2D eigenvalue weighted by Gasteiger charge is 2.18. The number of para-hydroxylation sites is 1. The van der Waals surface area contributed by atoms with Gasteiger partial charge in [-0.2, -0.15) is 0 Å². The minimum Gasteiger partial charge on any atom is -0.497 e. The van der Waals surface area contributed by atoms with E-state index >= 15 is 0 Å². The Kier molecular flexibility index (Phi) is 9.15. The smallest absolute Gasteiger partial charge is 0.306 e. The summed E-state index contributed by atoms with van der Waals surface area (Å²) in [4.78, 5) is 24.5. The lowest BCUT2D eigenvalue weighted by Gasteiger charge is -2.22. The summed E-state index contributed by atoms with van der Waals surface area (Å²) < 4.78 is 16.7. The second-order valence-corrected chi connectivity index (χ2v) is 7.21. The topological polar surface area (TPSA) is 85.3 Å². The quantitative estimate of drug-likeness (QED) is 0.534. The molecule has 0 aromatic heterocycles. The zero-order valence-electron chi connectivity index (χ0n) is 17.7. The Hall–Kier alpha value is -3.06. The van der Waals surface area contributed by atoms with E-state index in [1.807, 2.05) is 67.5 Å². The molecule has 0 heterocycles. The molecule has 2 rings (SSSR count). The number of rotatable bonds is 12. The van der Waals surface area contributed by atoms with Crippen LogP contribution in [0.4, 0.5) is 0 Å². The lowest BCUT2D eigenvalue weighted by molar-refractivity contribution is -0.153. The molecule has 0 amide bonds. The van der Waals surface area contributed by atoms with Crippen molar-refractivity contribution in [3.05, 3.63) is 59.7 Å². The molecule has 162 valence electrons. The third-order valence-electron chi connectivity index (χ3n) is 4.34. The van der Waals surface area contributed by atoms with Crippen LogP contribution in [0.25, 0.3) is 0 Å². The van der Waals surface area contributed by atoms with Gasteiger partial charge in [-0.15, -0.1) is 0 Å². The molecular weight excluding hydrogens is 386 g/mol. The number of ether oxygens (including phenoxy) is 3. The van der Waals surface area contributed by atoms with Crippen molar-refractivity contribution in [3.63, 3.8) is 0 Å². The number of aliphatic carboxylic acids is 1. The number of esters is 1. The van der Waals surface area contributed by atoms with E-state index in [9.17, 15) is 9.59 Å². The molecule has 0 spiro atoms. The van der Waals surface area contributed by atoms with Gasteiger partial charge in [0.2, 0.25) is 0 Å². The molecule has 0 aliphatic heterocycles. The van der Waals surface area contributed by atoms with Crippen LogP contribution in [0, 0.1) is 0 Å². The van der Waals surface area contributed by atoms with E-state index in [0.717, 1.165) is 16.9 Å². The first-order valence-corrected chi connectivity index (χ1v) is 9.77. The van der Waals surface area contributed by atoms with E-state index < -0.39 is 18.0 Å². The Morgan fingerprint density at radius 2 is 1.83 bits per heavy atom. The minimum absolute atomic E-state index is 0.161. The van der Waals surface area contributed by atoms with Gasteiger partial charge in [0.1, 0.15) is 24.2 Å². The predicted octanol–water partition coefficient (Wildman–Crippen LogP) is 3.00. The SMILES string of the molecule is COc1cccc(Cc2ccccc2OCC(CN(C)C)OC(=O)CCC(=O)O)c1. The molecule has 1 atom stereocenters. The molecule has 1 unspecified atom stereocenters. The zero-order chi connectivity index (χ0) is 21.9. The minimum atomic E-state index is -1.03. The highest BCUT2D eigenvalue weighted by Crippen LogP contribution is 2.23. The van der Waals surface area contributed by atoms with Crippen LogP contribution in [0.5, 0.6) is 11.5 Å². The summed E-state index contributed by atoms with van der Waals surface area (Å²) in [5.74, 6) is -0.0628. The lowest BCUT2D eigenvalue weighted by Crippen LogP contribution is -2.35. The fraction of sp³-hybridized carbons (Fsp3) is 0.391. The largest absolute Gasteiger partial charge is 0.497 e. The molecule has 0 radical (unpaired) electrons. The van der Waals surface area contributed by atoms with Crippen molar-refractivity contribution in [1.29, 1.82) is 0 Å². The first-order chi connectivity index (χ1) is 14.4. The zero-order valence-corrected chi connectivity index (χ0v) is 17.7. The van der Waals surface area contributed by atoms with Gasteiger partial charge < -0.3 is 24.2 Å². The third-order valence-corrected chi connectivity index (χ3v) is 4.34. The summed E-state index contributed by atoms with van der Waals surface area (Å²) in [5.41, 5.74) is 2.10. The molecule has 1 N–H and O–H groups in total. The van der Waals surface area contributed by atoms with Crippen LogP contribution in [0.15, 0.2) is 48.5 Å². The third kappa shape index (κ3) is 8.13. The maximum absolute atomic E-state index is 11.9. The normalized spacial score (nSPS) is 11.7. The first kappa shape index (κ1) is 23.2. The average Bonchev–Trinajstić information content (AvgIpc) is 2.71. The number of likely N-dealkylation sites (N-methyl/N-ethyl adjacent to an activating group) is 1. The van der Waals surface area contributed by atoms with Gasteiger partial charge in [-0.3, -0.25) is 9.59 Å². The number of carboxylic acid groups (broad SMARTS) is 1. The van der Waals surface area contributed by atoms with Crippen molar-refractivity contribution in [1.82, 2.24) is 4.90 Å². The molecule has 2 aromatic carbocycles. The van der Waals surface area contributed by atoms with Crippen molar-refractivity contribution in [2.75, 3.05) is 34.4 Å². The number of nitrogens with zero attached hydrogens (tertiary/aromatic N) is 1. The Morgan fingerprint density at radius 1 is 1.07 bits per heavy atom. The van der Waals surface area contributed by atoms with Crippen molar-refractivity contribution in [2.45, 2.75) is 25.4 Å². The molecule has 0 aliphatic rings. The number of benzene rings is 2. The number of methoxy groups -OCH3 is 1. The summed E-state index contributed by atoms with van der Waals surface area (Å²) >= 11 is 0. The Bertz CT molecular complexity index is 836. The van der Waals surface area contributed by atoms with Crippen LogP contribution < -0.4 is 9.47 Å². The van der Waals surface area contributed by atoms with Crippen LogP contribution in [0.2, 0.25) is 0 Å². The number of hydrogen-bond donors (Lipinski definition) is 1. The summed E-state index contributed by atoms with van der Waals surface area (Å²) in [5, 5.41) is 8.73. The predicted molar refractivity (Wildman–Crippen MR) is 113 cm³/mol. The summed E-state index contributed by atoms with van der Waals surface area (Å²) in [6, 6.07) is 15.6.